The summed E-state index contributed by atoms with van der Waals surface area (Å²) in [5.41, 5.74) is 0. The van der Waals surface area contributed by atoms with E-state index in [4.69, 9.17) is 0 Å². The van der Waals surface area contributed by atoms with E-state index in [1.807, 2.05) is 0 Å². The third-order valence-corrected chi connectivity index (χ3v) is 5.96. The van der Waals surface area contributed by atoms with Crippen molar-refractivity contribution >= 4 is 11.8 Å². The second kappa shape index (κ2) is 7.33. The minimum Gasteiger partial charge on any atom is -0.393 e. The van der Waals surface area contributed by atoms with Gasteiger partial charge in [-0.05, 0) is 31.1 Å². The molecule has 1 saturated carbocycles. The zero-order valence-corrected chi connectivity index (χ0v) is 13.7. The van der Waals surface area contributed by atoms with E-state index in [1.54, 1.807) is 0 Å². The van der Waals surface area contributed by atoms with Crippen molar-refractivity contribution < 1.29 is 5.11 Å². The largest absolute Gasteiger partial charge is 0.393 e. The van der Waals surface area contributed by atoms with Gasteiger partial charge in [-0.25, -0.2) is 0 Å². The number of nitrogens with zero attached hydrogens (tertiary/aromatic N) is 1. The van der Waals surface area contributed by atoms with Crippen molar-refractivity contribution in [3.63, 3.8) is 0 Å². The van der Waals surface area contributed by atoms with Gasteiger partial charge in [0.25, 0.3) is 0 Å². The third kappa shape index (κ3) is 4.64. The fourth-order valence-electron chi connectivity index (χ4n) is 3.98. The molecule has 3 heteroatoms. The molecule has 0 aromatic rings. The summed E-state index contributed by atoms with van der Waals surface area (Å²) >= 11 is 2.11. The van der Waals surface area contributed by atoms with E-state index in [-0.39, 0.29) is 6.10 Å². The maximum Gasteiger partial charge on any atom is 0.0580 e. The van der Waals surface area contributed by atoms with Crippen LogP contribution in [0.25, 0.3) is 0 Å². The fraction of sp³-hybridized carbons (Fsp3) is 1.00. The maximum absolute atomic E-state index is 10.3. The lowest BCUT2D eigenvalue weighted by molar-refractivity contribution is 0.0254. The lowest BCUT2D eigenvalue weighted by Crippen LogP contribution is -2.46. The average molecular weight is 285 g/mol. The molecular formula is C16H31NOS. The SMILES string of the molecule is CCCC1CCC(O)C(CN2CC(C)SC(C)C2)C1. The van der Waals surface area contributed by atoms with Crippen molar-refractivity contribution in [2.45, 2.75) is 69.5 Å². The summed E-state index contributed by atoms with van der Waals surface area (Å²) in [7, 11) is 0. The Bertz CT molecular complexity index is 263. The monoisotopic (exact) mass is 285 g/mol. The Morgan fingerprint density at radius 1 is 1.16 bits per heavy atom. The van der Waals surface area contributed by atoms with Crippen molar-refractivity contribution in [3.8, 4) is 0 Å². The van der Waals surface area contributed by atoms with Crippen LogP contribution in [0.3, 0.4) is 0 Å². The molecule has 0 bridgehead atoms. The Morgan fingerprint density at radius 3 is 2.47 bits per heavy atom. The van der Waals surface area contributed by atoms with Crippen LogP contribution >= 0.6 is 11.8 Å². The molecule has 0 spiro atoms. The van der Waals surface area contributed by atoms with E-state index in [2.05, 4.69) is 37.4 Å². The molecule has 0 aromatic carbocycles. The van der Waals surface area contributed by atoms with Gasteiger partial charge in [0, 0.05) is 30.1 Å². The molecule has 1 heterocycles. The lowest BCUT2D eigenvalue weighted by atomic mass is 9.77. The zero-order chi connectivity index (χ0) is 13.8. The van der Waals surface area contributed by atoms with Crippen LogP contribution in [-0.2, 0) is 0 Å². The highest BCUT2D eigenvalue weighted by molar-refractivity contribution is 8.00. The van der Waals surface area contributed by atoms with Crippen LogP contribution in [0, 0.1) is 11.8 Å². The number of rotatable bonds is 4. The quantitative estimate of drug-likeness (QED) is 0.856. The predicted molar refractivity (Wildman–Crippen MR) is 84.7 cm³/mol. The van der Waals surface area contributed by atoms with Crippen molar-refractivity contribution in [3.05, 3.63) is 0 Å². The summed E-state index contributed by atoms with van der Waals surface area (Å²) in [6.45, 7) is 10.5. The van der Waals surface area contributed by atoms with E-state index in [0.29, 0.717) is 5.92 Å². The topological polar surface area (TPSA) is 23.5 Å². The lowest BCUT2D eigenvalue weighted by Gasteiger charge is -2.40. The van der Waals surface area contributed by atoms with E-state index < -0.39 is 0 Å². The van der Waals surface area contributed by atoms with E-state index in [9.17, 15) is 5.11 Å². The molecule has 5 unspecified atom stereocenters. The second-order valence-electron chi connectivity index (χ2n) is 6.77. The first kappa shape index (κ1) is 15.7. The molecule has 0 radical (unpaired) electrons. The Morgan fingerprint density at radius 2 is 1.84 bits per heavy atom. The first-order valence-corrected chi connectivity index (χ1v) is 9.08. The Balaban J connectivity index is 1.85. The van der Waals surface area contributed by atoms with Gasteiger partial charge in [-0.2, -0.15) is 11.8 Å². The maximum atomic E-state index is 10.3. The number of aliphatic hydroxyl groups is 1. The van der Waals surface area contributed by atoms with Crippen LogP contribution in [0.5, 0.6) is 0 Å². The van der Waals surface area contributed by atoms with Crippen molar-refractivity contribution in [2.75, 3.05) is 19.6 Å². The van der Waals surface area contributed by atoms with Gasteiger partial charge < -0.3 is 10.0 Å². The fourth-order valence-corrected chi connectivity index (χ4v) is 5.36. The summed E-state index contributed by atoms with van der Waals surface area (Å²) in [5, 5.41) is 11.8. The third-order valence-electron chi connectivity index (χ3n) is 4.74. The van der Waals surface area contributed by atoms with Gasteiger partial charge in [0.1, 0.15) is 0 Å². The number of hydrogen-bond donors (Lipinski definition) is 1. The van der Waals surface area contributed by atoms with Crippen molar-refractivity contribution in [1.82, 2.24) is 4.90 Å². The molecule has 5 atom stereocenters. The number of hydrogen-bond acceptors (Lipinski definition) is 3. The Kier molecular flexibility index (Phi) is 6.04. The molecule has 1 aliphatic heterocycles. The molecule has 19 heavy (non-hydrogen) atoms. The van der Waals surface area contributed by atoms with Crippen LogP contribution in [0.4, 0.5) is 0 Å². The highest BCUT2D eigenvalue weighted by Gasteiger charge is 2.32. The summed E-state index contributed by atoms with van der Waals surface area (Å²) in [6.07, 6.45) is 6.13. The van der Waals surface area contributed by atoms with Crippen LogP contribution in [-0.4, -0.2) is 46.2 Å². The van der Waals surface area contributed by atoms with Crippen LogP contribution < -0.4 is 0 Å². The second-order valence-corrected chi connectivity index (χ2v) is 8.65. The van der Waals surface area contributed by atoms with Gasteiger partial charge in [0.2, 0.25) is 0 Å². The summed E-state index contributed by atoms with van der Waals surface area (Å²) < 4.78 is 0. The molecule has 1 N–H and O–H groups in total. The molecule has 0 aromatic heterocycles. The smallest absolute Gasteiger partial charge is 0.0580 e. The molecule has 0 amide bonds. The molecule has 112 valence electrons. The van der Waals surface area contributed by atoms with Crippen LogP contribution in [0.2, 0.25) is 0 Å². The predicted octanol–water partition coefficient (Wildman–Crippen LogP) is 3.39. The Labute approximate surface area is 123 Å². The first-order valence-electron chi connectivity index (χ1n) is 8.14. The summed E-state index contributed by atoms with van der Waals surface area (Å²) in [5.74, 6) is 1.39. The summed E-state index contributed by atoms with van der Waals surface area (Å²) in [4.78, 5) is 2.61. The molecule has 2 fully saturated rings. The molecule has 2 nitrogen and oxygen atoms in total. The van der Waals surface area contributed by atoms with Gasteiger partial charge in [0.05, 0.1) is 6.10 Å². The van der Waals surface area contributed by atoms with Gasteiger partial charge in [0.15, 0.2) is 0 Å². The Hall–Kier alpha value is 0.270. The molecule has 1 aliphatic carbocycles. The standard InChI is InChI=1S/C16H31NOS/c1-4-5-14-6-7-16(18)15(8-14)11-17-9-12(2)19-13(3)10-17/h12-16,18H,4-11H2,1-3H3. The average Bonchev–Trinajstić information content (AvgIpc) is 2.32. The van der Waals surface area contributed by atoms with Gasteiger partial charge >= 0.3 is 0 Å². The molecular weight excluding hydrogens is 254 g/mol. The van der Waals surface area contributed by atoms with E-state index in [1.165, 1.54) is 38.8 Å². The van der Waals surface area contributed by atoms with Gasteiger partial charge in [-0.3, -0.25) is 0 Å². The first-order chi connectivity index (χ1) is 9.08. The van der Waals surface area contributed by atoms with Gasteiger partial charge in [-0.1, -0.05) is 33.6 Å². The van der Waals surface area contributed by atoms with Crippen molar-refractivity contribution in [1.29, 1.82) is 0 Å². The summed E-state index contributed by atoms with van der Waals surface area (Å²) in [6, 6.07) is 0. The van der Waals surface area contributed by atoms with E-state index in [0.717, 1.165) is 29.4 Å². The molecule has 1 saturated heterocycles. The van der Waals surface area contributed by atoms with Crippen molar-refractivity contribution in [2.24, 2.45) is 11.8 Å². The highest BCUT2D eigenvalue weighted by Crippen LogP contribution is 2.34. The van der Waals surface area contributed by atoms with E-state index >= 15 is 0 Å². The highest BCUT2D eigenvalue weighted by atomic mass is 32.2. The van der Waals surface area contributed by atoms with Crippen LogP contribution in [0.15, 0.2) is 0 Å². The number of aliphatic hydroxyl groups excluding tert-OH is 1. The minimum atomic E-state index is -0.0479. The van der Waals surface area contributed by atoms with Crippen LogP contribution in [0.1, 0.15) is 52.9 Å². The minimum absolute atomic E-state index is 0.0479. The number of thioether (sulfide) groups is 1. The zero-order valence-electron chi connectivity index (χ0n) is 12.8. The van der Waals surface area contributed by atoms with Gasteiger partial charge in [-0.15, -0.1) is 0 Å². The molecule has 2 aliphatic rings. The normalized spacial score (nSPS) is 41.4. The molecule has 2 rings (SSSR count).